The molecule has 0 atom stereocenters. The summed E-state index contributed by atoms with van der Waals surface area (Å²) in [5.41, 5.74) is 1.37. The molecule has 0 spiro atoms. The normalized spacial score (nSPS) is 19.5. The van der Waals surface area contributed by atoms with E-state index >= 15 is 0 Å². The fourth-order valence-corrected chi connectivity index (χ4v) is 3.92. The first-order valence-corrected chi connectivity index (χ1v) is 9.54. The number of amides is 1. The van der Waals surface area contributed by atoms with Crippen molar-refractivity contribution in [2.75, 3.05) is 26.3 Å². The number of nitrogens with zero attached hydrogens (tertiary/aromatic N) is 1. The van der Waals surface area contributed by atoms with Crippen LogP contribution in [0.1, 0.15) is 52.2 Å². The van der Waals surface area contributed by atoms with Gasteiger partial charge in [-0.05, 0) is 42.0 Å². The van der Waals surface area contributed by atoms with Gasteiger partial charge < -0.3 is 14.7 Å². The molecule has 1 amide bonds. The van der Waals surface area contributed by atoms with E-state index in [4.69, 9.17) is 4.74 Å². The van der Waals surface area contributed by atoms with E-state index in [1.807, 2.05) is 11.0 Å². The highest BCUT2D eigenvalue weighted by molar-refractivity contribution is 5.94. The molecule has 0 unspecified atom stereocenters. The maximum Gasteiger partial charge on any atom is 0.263 e. The van der Waals surface area contributed by atoms with Gasteiger partial charge in [0.05, 0.1) is 13.2 Å². The van der Waals surface area contributed by atoms with Crippen LogP contribution in [0.15, 0.2) is 48.5 Å². The summed E-state index contributed by atoms with van der Waals surface area (Å²) >= 11 is 0. The SMILES string of the molecule is O=C(c1cccc(C2(O)COC2)c1)N1CCC(c2ccc(C(F)F)cc2)CC1. The van der Waals surface area contributed by atoms with Gasteiger partial charge in [-0.15, -0.1) is 0 Å². The number of hydrogen-bond donors (Lipinski definition) is 1. The zero-order chi connectivity index (χ0) is 19.7. The van der Waals surface area contributed by atoms with Gasteiger partial charge in [-0.2, -0.15) is 0 Å². The van der Waals surface area contributed by atoms with E-state index in [9.17, 15) is 18.7 Å². The van der Waals surface area contributed by atoms with E-state index in [2.05, 4.69) is 0 Å². The molecule has 2 heterocycles. The summed E-state index contributed by atoms with van der Waals surface area (Å²) in [6.07, 6.45) is -0.845. The van der Waals surface area contributed by atoms with Gasteiger partial charge in [0.1, 0.15) is 5.60 Å². The van der Waals surface area contributed by atoms with Gasteiger partial charge in [0, 0.05) is 24.2 Å². The Hall–Kier alpha value is -2.31. The maximum atomic E-state index is 12.9. The lowest BCUT2D eigenvalue weighted by molar-refractivity contribution is -0.184. The molecular weight excluding hydrogens is 364 g/mol. The molecule has 2 aromatic rings. The van der Waals surface area contributed by atoms with Crippen molar-refractivity contribution in [1.82, 2.24) is 4.90 Å². The summed E-state index contributed by atoms with van der Waals surface area (Å²) < 4.78 is 30.5. The van der Waals surface area contributed by atoms with Crippen molar-refractivity contribution < 1.29 is 23.4 Å². The molecule has 2 aliphatic rings. The maximum absolute atomic E-state index is 12.9. The van der Waals surface area contributed by atoms with Gasteiger partial charge in [0.25, 0.3) is 12.3 Å². The average Bonchev–Trinajstić information content (AvgIpc) is 2.72. The van der Waals surface area contributed by atoms with Crippen molar-refractivity contribution in [3.05, 3.63) is 70.8 Å². The Bertz CT molecular complexity index is 841. The number of piperidine rings is 1. The Morgan fingerprint density at radius 1 is 1.11 bits per heavy atom. The Kier molecular flexibility index (Phi) is 5.17. The minimum Gasteiger partial charge on any atom is -0.380 e. The number of alkyl halides is 2. The summed E-state index contributed by atoms with van der Waals surface area (Å²) in [4.78, 5) is 14.7. The molecule has 4 nitrogen and oxygen atoms in total. The third-order valence-electron chi connectivity index (χ3n) is 5.77. The Morgan fingerprint density at radius 2 is 1.79 bits per heavy atom. The molecule has 0 saturated carbocycles. The molecule has 2 aromatic carbocycles. The second-order valence-corrected chi connectivity index (χ2v) is 7.64. The lowest BCUT2D eigenvalue weighted by atomic mass is 9.88. The van der Waals surface area contributed by atoms with Gasteiger partial charge in [-0.1, -0.05) is 36.4 Å². The van der Waals surface area contributed by atoms with E-state index < -0.39 is 12.0 Å². The Labute approximate surface area is 162 Å². The van der Waals surface area contributed by atoms with Crippen molar-refractivity contribution in [2.24, 2.45) is 0 Å². The Morgan fingerprint density at radius 3 is 2.36 bits per heavy atom. The van der Waals surface area contributed by atoms with Gasteiger partial charge in [0.2, 0.25) is 0 Å². The van der Waals surface area contributed by atoms with E-state index in [0.29, 0.717) is 24.2 Å². The average molecular weight is 387 g/mol. The third-order valence-corrected chi connectivity index (χ3v) is 5.77. The summed E-state index contributed by atoms with van der Waals surface area (Å²) in [5, 5.41) is 10.4. The minimum atomic E-state index is -2.45. The predicted molar refractivity (Wildman–Crippen MR) is 100 cm³/mol. The van der Waals surface area contributed by atoms with Gasteiger partial charge >= 0.3 is 0 Å². The van der Waals surface area contributed by atoms with Crippen molar-refractivity contribution >= 4 is 5.91 Å². The number of likely N-dealkylation sites (tertiary alicyclic amines) is 1. The van der Waals surface area contributed by atoms with Crippen LogP contribution in [0.3, 0.4) is 0 Å². The molecule has 0 aliphatic carbocycles. The van der Waals surface area contributed by atoms with Crippen LogP contribution in [0.25, 0.3) is 0 Å². The molecular formula is C22H23F2NO3. The first-order valence-electron chi connectivity index (χ1n) is 9.54. The molecule has 0 radical (unpaired) electrons. The Balaban J connectivity index is 1.39. The van der Waals surface area contributed by atoms with Gasteiger partial charge in [-0.3, -0.25) is 4.79 Å². The summed E-state index contributed by atoms with van der Waals surface area (Å²) in [5.74, 6) is 0.229. The van der Waals surface area contributed by atoms with Crippen LogP contribution in [0.4, 0.5) is 8.78 Å². The standard InChI is InChI=1S/C22H23F2NO3/c23-20(24)17-6-4-15(5-7-17)16-8-10-25(11-9-16)21(26)18-2-1-3-19(12-18)22(27)13-28-14-22/h1-7,12,16,20,27H,8-11,13-14H2. The third kappa shape index (κ3) is 3.66. The number of carbonyl (C=O) groups excluding carboxylic acids is 1. The van der Waals surface area contributed by atoms with Gasteiger partial charge in [0.15, 0.2) is 0 Å². The molecule has 0 aromatic heterocycles. The number of carbonyl (C=O) groups is 1. The molecule has 148 valence electrons. The predicted octanol–water partition coefficient (Wildman–Crippen LogP) is 3.86. The molecule has 6 heteroatoms. The highest BCUT2D eigenvalue weighted by Crippen LogP contribution is 2.32. The lowest BCUT2D eigenvalue weighted by Crippen LogP contribution is -2.46. The number of benzene rings is 2. The first kappa shape index (κ1) is 19.0. The molecule has 2 fully saturated rings. The quantitative estimate of drug-likeness (QED) is 0.867. The molecule has 1 N–H and O–H groups in total. The van der Waals surface area contributed by atoms with Crippen molar-refractivity contribution in [3.8, 4) is 0 Å². The molecule has 4 rings (SSSR count). The monoisotopic (exact) mass is 387 g/mol. The number of halogens is 2. The summed E-state index contributed by atoms with van der Waals surface area (Å²) in [6, 6.07) is 13.6. The highest BCUT2D eigenvalue weighted by atomic mass is 19.3. The summed E-state index contributed by atoms with van der Waals surface area (Å²) in [6.45, 7) is 1.75. The number of ether oxygens (including phenoxy) is 1. The van der Waals surface area contributed by atoms with Crippen molar-refractivity contribution in [2.45, 2.75) is 30.8 Å². The summed E-state index contributed by atoms with van der Waals surface area (Å²) in [7, 11) is 0. The molecule has 0 bridgehead atoms. The first-order chi connectivity index (χ1) is 13.5. The molecule has 2 aliphatic heterocycles. The largest absolute Gasteiger partial charge is 0.380 e. The van der Waals surface area contributed by atoms with Crippen LogP contribution in [-0.4, -0.2) is 42.2 Å². The highest BCUT2D eigenvalue weighted by Gasteiger charge is 2.38. The molecule has 28 heavy (non-hydrogen) atoms. The van der Waals surface area contributed by atoms with E-state index in [1.165, 1.54) is 12.1 Å². The van der Waals surface area contributed by atoms with Crippen LogP contribution in [0.5, 0.6) is 0 Å². The van der Waals surface area contributed by atoms with Crippen molar-refractivity contribution in [1.29, 1.82) is 0 Å². The topological polar surface area (TPSA) is 49.8 Å². The number of aliphatic hydroxyl groups is 1. The van der Waals surface area contributed by atoms with Crippen LogP contribution >= 0.6 is 0 Å². The fraction of sp³-hybridized carbons (Fsp3) is 0.409. The minimum absolute atomic E-state index is 0.0368. The van der Waals surface area contributed by atoms with E-state index in [0.717, 1.165) is 18.4 Å². The number of hydrogen-bond acceptors (Lipinski definition) is 3. The number of rotatable bonds is 4. The fourth-order valence-electron chi connectivity index (χ4n) is 3.92. The second-order valence-electron chi connectivity index (χ2n) is 7.64. The smallest absolute Gasteiger partial charge is 0.263 e. The second kappa shape index (κ2) is 7.60. The van der Waals surface area contributed by atoms with Crippen LogP contribution in [0.2, 0.25) is 0 Å². The zero-order valence-corrected chi connectivity index (χ0v) is 15.5. The van der Waals surface area contributed by atoms with E-state index in [-0.39, 0.29) is 30.6 Å². The van der Waals surface area contributed by atoms with Crippen LogP contribution < -0.4 is 0 Å². The van der Waals surface area contributed by atoms with Crippen molar-refractivity contribution in [3.63, 3.8) is 0 Å². The van der Waals surface area contributed by atoms with Gasteiger partial charge in [-0.25, -0.2) is 8.78 Å². The lowest BCUT2D eigenvalue weighted by Gasteiger charge is -2.37. The van der Waals surface area contributed by atoms with Crippen LogP contribution in [-0.2, 0) is 10.3 Å². The van der Waals surface area contributed by atoms with Crippen LogP contribution in [0, 0.1) is 0 Å². The zero-order valence-electron chi connectivity index (χ0n) is 15.5. The molecule has 2 saturated heterocycles. The van der Waals surface area contributed by atoms with E-state index in [1.54, 1.807) is 30.3 Å².